The van der Waals surface area contributed by atoms with Crippen molar-refractivity contribution in [2.45, 2.75) is 6.61 Å². The van der Waals surface area contributed by atoms with Gasteiger partial charge in [0.05, 0.1) is 13.3 Å². The Balaban J connectivity index is 1.79. The van der Waals surface area contributed by atoms with E-state index >= 15 is 0 Å². The number of methoxy groups -OCH3 is 1. The molecule has 0 bridgehead atoms. The standard InChI is InChI=1S/C16H14N2O3/c1-20-16(19)14-8-12-7-13(9-17-15(12)18-14)21-10-11-5-3-2-4-6-11/h2-9H,10H2,1H3,(H,17,18). The summed E-state index contributed by atoms with van der Waals surface area (Å²) in [6.45, 7) is 0.475. The Bertz CT molecular complexity index is 766. The van der Waals surface area contributed by atoms with Crippen molar-refractivity contribution in [1.29, 1.82) is 0 Å². The summed E-state index contributed by atoms with van der Waals surface area (Å²) in [4.78, 5) is 18.6. The molecule has 3 aromatic rings. The van der Waals surface area contributed by atoms with Gasteiger partial charge in [-0.1, -0.05) is 30.3 Å². The van der Waals surface area contributed by atoms with Gasteiger partial charge in [0.2, 0.25) is 0 Å². The second-order valence-corrected chi connectivity index (χ2v) is 4.56. The number of esters is 1. The topological polar surface area (TPSA) is 64.2 Å². The number of carbonyl (C=O) groups excluding carboxylic acids is 1. The van der Waals surface area contributed by atoms with Crippen molar-refractivity contribution in [3.8, 4) is 5.75 Å². The van der Waals surface area contributed by atoms with E-state index in [0.29, 0.717) is 23.7 Å². The molecule has 0 aliphatic carbocycles. The maximum absolute atomic E-state index is 11.5. The quantitative estimate of drug-likeness (QED) is 0.747. The number of H-pyrrole nitrogens is 1. The fraction of sp³-hybridized carbons (Fsp3) is 0.125. The molecule has 0 aliphatic heterocycles. The van der Waals surface area contributed by atoms with E-state index in [-0.39, 0.29) is 0 Å². The highest BCUT2D eigenvalue weighted by Gasteiger charge is 2.10. The van der Waals surface area contributed by atoms with Gasteiger partial charge in [0.25, 0.3) is 0 Å². The van der Waals surface area contributed by atoms with Gasteiger partial charge in [-0.15, -0.1) is 0 Å². The van der Waals surface area contributed by atoms with E-state index in [1.165, 1.54) is 7.11 Å². The van der Waals surface area contributed by atoms with Gasteiger partial charge in [-0.05, 0) is 17.7 Å². The van der Waals surface area contributed by atoms with Crippen LogP contribution in [0.2, 0.25) is 0 Å². The molecule has 0 amide bonds. The lowest BCUT2D eigenvalue weighted by Crippen LogP contribution is -2.00. The van der Waals surface area contributed by atoms with Gasteiger partial charge in [-0.2, -0.15) is 0 Å². The SMILES string of the molecule is COC(=O)c1cc2cc(OCc3ccccc3)cnc2[nH]1. The van der Waals surface area contributed by atoms with Gasteiger partial charge in [0, 0.05) is 5.39 Å². The first-order valence-corrected chi connectivity index (χ1v) is 6.50. The third-order valence-corrected chi connectivity index (χ3v) is 3.10. The lowest BCUT2D eigenvalue weighted by molar-refractivity contribution is 0.0595. The normalized spacial score (nSPS) is 10.5. The molecule has 21 heavy (non-hydrogen) atoms. The summed E-state index contributed by atoms with van der Waals surface area (Å²) in [7, 11) is 1.34. The summed E-state index contributed by atoms with van der Waals surface area (Å²) in [5.41, 5.74) is 2.09. The zero-order valence-corrected chi connectivity index (χ0v) is 11.5. The predicted molar refractivity (Wildman–Crippen MR) is 78.2 cm³/mol. The molecule has 0 saturated heterocycles. The van der Waals surface area contributed by atoms with Crippen molar-refractivity contribution in [2.75, 3.05) is 7.11 Å². The maximum Gasteiger partial charge on any atom is 0.354 e. The molecule has 0 atom stereocenters. The largest absolute Gasteiger partial charge is 0.487 e. The van der Waals surface area contributed by atoms with Crippen LogP contribution in [-0.2, 0) is 11.3 Å². The van der Waals surface area contributed by atoms with Crippen LogP contribution >= 0.6 is 0 Å². The molecule has 0 aliphatic rings. The Morgan fingerprint density at radius 2 is 2.05 bits per heavy atom. The molecule has 5 heteroatoms. The molecule has 0 fully saturated rings. The number of aromatic nitrogens is 2. The van der Waals surface area contributed by atoms with Crippen molar-refractivity contribution >= 4 is 17.0 Å². The fourth-order valence-corrected chi connectivity index (χ4v) is 2.03. The van der Waals surface area contributed by atoms with Crippen LogP contribution in [0.15, 0.2) is 48.7 Å². The minimum Gasteiger partial charge on any atom is -0.487 e. The van der Waals surface area contributed by atoms with Crippen molar-refractivity contribution in [2.24, 2.45) is 0 Å². The smallest absolute Gasteiger partial charge is 0.354 e. The zero-order chi connectivity index (χ0) is 14.7. The lowest BCUT2D eigenvalue weighted by Gasteiger charge is -2.05. The molecule has 0 saturated carbocycles. The number of ether oxygens (including phenoxy) is 2. The van der Waals surface area contributed by atoms with Gasteiger partial charge in [0.1, 0.15) is 23.7 Å². The number of rotatable bonds is 4. The summed E-state index contributed by atoms with van der Waals surface area (Å²) >= 11 is 0. The van der Waals surface area contributed by atoms with Gasteiger partial charge in [0.15, 0.2) is 0 Å². The first-order chi connectivity index (χ1) is 10.3. The number of aromatic amines is 1. The van der Waals surface area contributed by atoms with E-state index in [0.717, 1.165) is 10.9 Å². The highest BCUT2D eigenvalue weighted by Crippen LogP contribution is 2.20. The van der Waals surface area contributed by atoms with Crippen molar-refractivity contribution in [3.05, 3.63) is 59.9 Å². The van der Waals surface area contributed by atoms with Gasteiger partial charge in [-0.25, -0.2) is 9.78 Å². The number of nitrogens with one attached hydrogen (secondary N) is 1. The van der Waals surface area contributed by atoms with E-state index in [4.69, 9.17) is 4.74 Å². The molecule has 0 unspecified atom stereocenters. The van der Waals surface area contributed by atoms with E-state index in [9.17, 15) is 4.79 Å². The molecule has 1 aromatic carbocycles. The Morgan fingerprint density at radius 1 is 1.24 bits per heavy atom. The molecule has 0 radical (unpaired) electrons. The average molecular weight is 282 g/mol. The molecule has 1 N–H and O–H groups in total. The number of hydrogen-bond acceptors (Lipinski definition) is 4. The Morgan fingerprint density at radius 3 is 2.81 bits per heavy atom. The number of carbonyl (C=O) groups is 1. The molecule has 2 aromatic heterocycles. The van der Waals surface area contributed by atoms with E-state index < -0.39 is 5.97 Å². The molecule has 5 nitrogen and oxygen atoms in total. The third kappa shape index (κ3) is 2.86. The van der Waals surface area contributed by atoms with Crippen LogP contribution in [0.3, 0.4) is 0 Å². The van der Waals surface area contributed by atoms with Gasteiger partial charge < -0.3 is 14.5 Å². The van der Waals surface area contributed by atoms with Crippen LogP contribution in [0, 0.1) is 0 Å². The van der Waals surface area contributed by atoms with E-state index in [2.05, 4.69) is 14.7 Å². The van der Waals surface area contributed by atoms with Crippen LogP contribution < -0.4 is 4.74 Å². The number of benzene rings is 1. The number of fused-ring (bicyclic) bond motifs is 1. The second kappa shape index (κ2) is 5.66. The molecule has 3 rings (SSSR count). The highest BCUT2D eigenvalue weighted by atomic mass is 16.5. The van der Waals surface area contributed by atoms with Gasteiger partial charge >= 0.3 is 5.97 Å². The Kier molecular flexibility index (Phi) is 3.55. The van der Waals surface area contributed by atoms with Crippen molar-refractivity contribution in [3.63, 3.8) is 0 Å². The average Bonchev–Trinajstić information content (AvgIpc) is 2.96. The number of hydrogen-bond donors (Lipinski definition) is 1. The summed E-state index contributed by atoms with van der Waals surface area (Å²) in [6, 6.07) is 13.4. The van der Waals surface area contributed by atoms with Crippen LogP contribution in [0.4, 0.5) is 0 Å². The molecular formula is C16H14N2O3. The zero-order valence-electron chi connectivity index (χ0n) is 11.5. The highest BCUT2D eigenvalue weighted by molar-refractivity contribution is 5.93. The minimum atomic E-state index is -0.417. The van der Waals surface area contributed by atoms with Crippen molar-refractivity contribution in [1.82, 2.24) is 9.97 Å². The second-order valence-electron chi connectivity index (χ2n) is 4.56. The Labute approximate surface area is 121 Å². The Hall–Kier alpha value is -2.82. The minimum absolute atomic E-state index is 0.375. The van der Waals surface area contributed by atoms with Crippen molar-refractivity contribution < 1.29 is 14.3 Å². The summed E-state index contributed by atoms with van der Waals surface area (Å²) in [5, 5.41) is 0.806. The lowest BCUT2D eigenvalue weighted by atomic mass is 10.2. The third-order valence-electron chi connectivity index (χ3n) is 3.10. The number of pyridine rings is 1. The van der Waals surface area contributed by atoms with E-state index in [1.54, 1.807) is 12.3 Å². The fourth-order valence-electron chi connectivity index (χ4n) is 2.03. The van der Waals surface area contributed by atoms with Crippen LogP contribution in [0.1, 0.15) is 16.1 Å². The van der Waals surface area contributed by atoms with Crippen LogP contribution in [0.5, 0.6) is 5.75 Å². The summed E-state index contributed by atoms with van der Waals surface area (Å²) in [6.07, 6.45) is 1.63. The first kappa shape index (κ1) is 13.2. The molecule has 2 heterocycles. The number of nitrogens with zero attached hydrogens (tertiary/aromatic N) is 1. The molecule has 106 valence electrons. The summed E-state index contributed by atoms with van der Waals surface area (Å²) < 4.78 is 10.4. The van der Waals surface area contributed by atoms with Gasteiger partial charge in [-0.3, -0.25) is 0 Å². The van der Waals surface area contributed by atoms with Crippen LogP contribution in [0.25, 0.3) is 11.0 Å². The summed E-state index contributed by atoms with van der Waals surface area (Å²) in [5.74, 6) is 0.238. The predicted octanol–water partition coefficient (Wildman–Crippen LogP) is 2.93. The maximum atomic E-state index is 11.5. The monoisotopic (exact) mass is 282 g/mol. The first-order valence-electron chi connectivity index (χ1n) is 6.50. The van der Waals surface area contributed by atoms with E-state index in [1.807, 2.05) is 36.4 Å². The molecular weight excluding hydrogens is 268 g/mol. The van der Waals surface area contributed by atoms with Crippen LogP contribution in [-0.4, -0.2) is 23.0 Å². The molecule has 0 spiro atoms.